The van der Waals surface area contributed by atoms with Gasteiger partial charge in [0.25, 0.3) is 0 Å². The summed E-state index contributed by atoms with van der Waals surface area (Å²) in [6, 6.07) is 0. The summed E-state index contributed by atoms with van der Waals surface area (Å²) < 4.78 is 5.30. The Labute approximate surface area is 73.6 Å². The van der Waals surface area contributed by atoms with Gasteiger partial charge in [-0.25, -0.2) is 0 Å². The molecule has 0 aromatic heterocycles. The van der Waals surface area contributed by atoms with Crippen molar-refractivity contribution in [1.29, 1.82) is 0 Å². The van der Waals surface area contributed by atoms with Gasteiger partial charge in [-0.05, 0) is 19.0 Å². The molecule has 0 aliphatic carbocycles. The van der Waals surface area contributed by atoms with Crippen LogP contribution in [0.3, 0.4) is 0 Å². The number of hydrogen-bond donors (Lipinski definition) is 1. The maximum Gasteiger partial charge on any atom is 0.0689 e. The van der Waals surface area contributed by atoms with E-state index in [9.17, 15) is 0 Å². The van der Waals surface area contributed by atoms with Crippen molar-refractivity contribution in [2.75, 3.05) is 40.0 Å². The minimum Gasteiger partial charge on any atom is -0.395 e. The molecule has 0 aromatic carbocycles. The molecule has 0 bridgehead atoms. The molecule has 3 heteroatoms. The number of aliphatic hydroxyl groups excluding tert-OH is 1. The second-order valence-corrected chi connectivity index (χ2v) is 3.17. The molecule has 70 valence electrons. The third kappa shape index (κ3) is 3.34. The fourth-order valence-electron chi connectivity index (χ4n) is 1.32. The predicted molar refractivity (Wildman–Crippen MR) is 48.1 cm³/mol. The van der Waals surface area contributed by atoms with E-state index in [0.29, 0.717) is 0 Å². The van der Waals surface area contributed by atoms with Gasteiger partial charge in [-0.1, -0.05) is 6.08 Å². The summed E-state index contributed by atoms with van der Waals surface area (Å²) in [4.78, 5) is 2.10. The molecule has 0 fully saturated rings. The predicted octanol–water partition coefficient (Wildman–Crippen LogP) is 0.257. The Kier molecular flexibility index (Phi) is 4.29. The van der Waals surface area contributed by atoms with Gasteiger partial charge < -0.3 is 14.7 Å². The molecule has 0 aromatic rings. The minimum atomic E-state index is 0.227. The average Bonchev–Trinajstić information content (AvgIpc) is 2.06. The van der Waals surface area contributed by atoms with Gasteiger partial charge in [-0.3, -0.25) is 0 Å². The summed E-state index contributed by atoms with van der Waals surface area (Å²) in [5, 5.41) is 8.67. The summed E-state index contributed by atoms with van der Waals surface area (Å²) in [7, 11) is 2.01. The lowest BCUT2D eigenvalue weighted by Gasteiger charge is -2.20. The lowest BCUT2D eigenvalue weighted by atomic mass is 10.2. The van der Waals surface area contributed by atoms with Gasteiger partial charge >= 0.3 is 0 Å². The van der Waals surface area contributed by atoms with Crippen LogP contribution >= 0.6 is 0 Å². The Morgan fingerprint density at radius 1 is 1.67 bits per heavy atom. The van der Waals surface area contributed by atoms with Gasteiger partial charge in [-0.2, -0.15) is 0 Å². The van der Waals surface area contributed by atoms with E-state index in [1.54, 1.807) is 0 Å². The zero-order valence-corrected chi connectivity index (χ0v) is 7.62. The summed E-state index contributed by atoms with van der Waals surface area (Å²) in [6.45, 7) is 3.49. The van der Waals surface area contributed by atoms with Gasteiger partial charge in [0.15, 0.2) is 0 Å². The maximum absolute atomic E-state index is 8.67. The standard InChI is InChI=1S/C9H17NO2/c1-10(4-5-11)7-9-3-2-6-12-8-9/h3,11H,2,4-8H2,1H3. The first-order valence-corrected chi connectivity index (χ1v) is 4.38. The summed E-state index contributed by atoms with van der Waals surface area (Å²) >= 11 is 0. The molecular weight excluding hydrogens is 154 g/mol. The summed E-state index contributed by atoms with van der Waals surface area (Å²) in [5.74, 6) is 0. The summed E-state index contributed by atoms with van der Waals surface area (Å²) in [6.07, 6.45) is 3.26. The van der Waals surface area contributed by atoms with Crippen LogP contribution < -0.4 is 0 Å². The van der Waals surface area contributed by atoms with Crippen molar-refractivity contribution in [3.05, 3.63) is 11.6 Å². The van der Waals surface area contributed by atoms with Crippen LogP contribution in [-0.2, 0) is 4.74 Å². The van der Waals surface area contributed by atoms with Gasteiger partial charge in [0.05, 0.1) is 19.8 Å². The maximum atomic E-state index is 8.67. The quantitative estimate of drug-likeness (QED) is 0.616. The van der Waals surface area contributed by atoms with Gasteiger partial charge in [0, 0.05) is 13.1 Å². The number of rotatable bonds is 4. The van der Waals surface area contributed by atoms with Gasteiger partial charge in [0.2, 0.25) is 0 Å². The Balaban J connectivity index is 2.24. The fraction of sp³-hybridized carbons (Fsp3) is 0.778. The number of aliphatic hydroxyl groups is 1. The van der Waals surface area contributed by atoms with Crippen LogP contribution in [0, 0.1) is 0 Å². The van der Waals surface area contributed by atoms with Gasteiger partial charge in [-0.15, -0.1) is 0 Å². The van der Waals surface area contributed by atoms with Crippen molar-refractivity contribution in [2.45, 2.75) is 6.42 Å². The highest BCUT2D eigenvalue weighted by atomic mass is 16.5. The SMILES string of the molecule is CN(CCO)CC1=CCCOC1. The van der Waals surface area contributed by atoms with E-state index >= 15 is 0 Å². The minimum absolute atomic E-state index is 0.227. The van der Waals surface area contributed by atoms with E-state index in [4.69, 9.17) is 9.84 Å². The van der Waals surface area contributed by atoms with Crippen LogP contribution in [0.15, 0.2) is 11.6 Å². The van der Waals surface area contributed by atoms with Crippen LogP contribution in [0.1, 0.15) is 6.42 Å². The highest BCUT2D eigenvalue weighted by Crippen LogP contribution is 2.06. The van der Waals surface area contributed by atoms with Crippen LogP contribution in [0.4, 0.5) is 0 Å². The van der Waals surface area contributed by atoms with Crippen LogP contribution in [0.5, 0.6) is 0 Å². The van der Waals surface area contributed by atoms with E-state index in [0.717, 1.165) is 32.7 Å². The van der Waals surface area contributed by atoms with Crippen molar-refractivity contribution in [3.63, 3.8) is 0 Å². The zero-order valence-electron chi connectivity index (χ0n) is 7.62. The molecule has 0 unspecified atom stereocenters. The number of nitrogens with zero attached hydrogens (tertiary/aromatic N) is 1. The first-order chi connectivity index (χ1) is 5.83. The monoisotopic (exact) mass is 171 g/mol. The van der Waals surface area contributed by atoms with Crippen molar-refractivity contribution < 1.29 is 9.84 Å². The molecule has 1 aliphatic heterocycles. The molecular formula is C9H17NO2. The fourth-order valence-corrected chi connectivity index (χ4v) is 1.32. The molecule has 1 aliphatic rings. The summed E-state index contributed by atoms with van der Waals surface area (Å²) in [5.41, 5.74) is 1.33. The van der Waals surface area contributed by atoms with Crippen molar-refractivity contribution in [2.24, 2.45) is 0 Å². The first kappa shape index (κ1) is 9.71. The third-order valence-corrected chi connectivity index (χ3v) is 1.94. The molecule has 0 saturated carbocycles. The molecule has 0 amide bonds. The number of ether oxygens (including phenoxy) is 1. The normalized spacial score (nSPS) is 18.1. The second kappa shape index (κ2) is 5.30. The van der Waals surface area contributed by atoms with E-state index < -0.39 is 0 Å². The highest BCUT2D eigenvalue weighted by Gasteiger charge is 2.05. The molecule has 0 radical (unpaired) electrons. The van der Waals surface area contributed by atoms with Crippen LogP contribution in [0.25, 0.3) is 0 Å². The second-order valence-electron chi connectivity index (χ2n) is 3.17. The van der Waals surface area contributed by atoms with E-state index in [2.05, 4.69) is 11.0 Å². The first-order valence-electron chi connectivity index (χ1n) is 4.38. The molecule has 1 N–H and O–H groups in total. The third-order valence-electron chi connectivity index (χ3n) is 1.94. The smallest absolute Gasteiger partial charge is 0.0689 e. The Morgan fingerprint density at radius 3 is 3.08 bits per heavy atom. The Bertz CT molecular complexity index is 157. The highest BCUT2D eigenvalue weighted by molar-refractivity contribution is 5.06. The molecule has 1 rings (SSSR count). The lowest BCUT2D eigenvalue weighted by Crippen LogP contribution is -2.26. The topological polar surface area (TPSA) is 32.7 Å². The molecule has 3 nitrogen and oxygen atoms in total. The molecule has 1 heterocycles. The Hall–Kier alpha value is -0.380. The van der Waals surface area contributed by atoms with E-state index in [1.165, 1.54) is 5.57 Å². The number of hydrogen-bond acceptors (Lipinski definition) is 3. The number of likely N-dealkylation sites (N-methyl/N-ethyl adjacent to an activating group) is 1. The largest absolute Gasteiger partial charge is 0.395 e. The van der Waals surface area contributed by atoms with Crippen LogP contribution in [0.2, 0.25) is 0 Å². The van der Waals surface area contributed by atoms with E-state index in [1.807, 2.05) is 7.05 Å². The van der Waals surface area contributed by atoms with E-state index in [-0.39, 0.29) is 6.61 Å². The lowest BCUT2D eigenvalue weighted by molar-refractivity contribution is 0.141. The van der Waals surface area contributed by atoms with Crippen molar-refractivity contribution in [1.82, 2.24) is 4.90 Å². The van der Waals surface area contributed by atoms with Crippen molar-refractivity contribution in [3.8, 4) is 0 Å². The molecule has 0 atom stereocenters. The van der Waals surface area contributed by atoms with Gasteiger partial charge in [0.1, 0.15) is 0 Å². The van der Waals surface area contributed by atoms with Crippen LogP contribution in [-0.4, -0.2) is 50.0 Å². The molecule has 12 heavy (non-hydrogen) atoms. The average molecular weight is 171 g/mol. The molecule has 0 spiro atoms. The molecule has 0 saturated heterocycles. The van der Waals surface area contributed by atoms with Crippen molar-refractivity contribution >= 4 is 0 Å². The Morgan fingerprint density at radius 2 is 2.50 bits per heavy atom. The zero-order chi connectivity index (χ0) is 8.81.